The van der Waals surface area contributed by atoms with E-state index in [0.717, 1.165) is 43.4 Å². The molecular weight excluding hydrogens is 326 g/mol. The summed E-state index contributed by atoms with van der Waals surface area (Å²) < 4.78 is 0. The molecule has 6 nitrogen and oxygen atoms in total. The SMILES string of the molecule is CC(=O)Nc1ccc(CN2CCCC(N(C)c3nccc(C)n3)C2)cc1. The van der Waals surface area contributed by atoms with Crippen LogP contribution in [0.5, 0.6) is 0 Å². The summed E-state index contributed by atoms with van der Waals surface area (Å²) in [6, 6.07) is 10.4. The number of rotatable bonds is 5. The molecule has 0 bridgehead atoms. The molecule has 26 heavy (non-hydrogen) atoms. The minimum Gasteiger partial charge on any atom is -0.340 e. The monoisotopic (exact) mass is 353 g/mol. The number of carbonyl (C=O) groups excluding carboxylic acids is 1. The molecule has 1 unspecified atom stereocenters. The van der Waals surface area contributed by atoms with Crippen molar-refractivity contribution >= 4 is 17.5 Å². The van der Waals surface area contributed by atoms with E-state index in [4.69, 9.17) is 0 Å². The summed E-state index contributed by atoms with van der Waals surface area (Å²) >= 11 is 0. The number of hydrogen-bond acceptors (Lipinski definition) is 5. The number of aryl methyl sites for hydroxylation is 1. The normalized spacial score (nSPS) is 17.7. The molecule has 138 valence electrons. The number of amides is 1. The molecule has 1 aliphatic heterocycles. The zero-order valence-electron chi connectivity index (χ0n) is 15.8. The molecule has 2 heterocycles. The van der Waals surface area contributed by atoms with Gasteiger partial charge in [-0.05, 0) is 50.1 Å². The molecule has 1 atom stereocenters. The van der Waals surface area contributed by atoms with Crippen LogP contribution in [-0.2, 0) is 11.3 Å². The Bertz CT molecular complexity index is 746. The molecule has 1 aromatic carbocycles. The highest BCUT2D eigenvalue weighted by atomic mass is 16.1. The molecule has 0 saturated carbocycles. The fourth-order valence-corrected chi connectivity index (χ4v) is 3.41. The second-order valence-corrected chi connectivity index (χ2v) is 7.02. The van der Waals surface area contributed by atoms with E-state index in [1.165, 1.54) is 18.9 Å². The van der Waals surface area contributed by atoms with Gasteiger partial charge in [0.25, 0.3) is 0 Å². The maximum absolute atomic E-state index is 11.1. The minimum absolute atomic E-state index is 0.0435. The van der Waals surface area contributed by atoms with Crippen LogP contribution in [0.2, 0.25) is 0 Å². The van der Waals surface area contributed by atoms with Crippen LogP contribution in [0.25, 0.3) is 0 Å². The van der Waals surface area contributed by atoms with Gasteiger partial charge in [0.05, 0.1) is 0 Å². The third-order valence-electron chi connectivity index (χ3n) is 4.81. The van der Waals surface area contributed by atoms with Gasteiger partial charge >= 0.3 is 0 Å². The van der Waals surface area contributed by atoms with Crippen LogP contribution in [0.3, 0.4) is 0 Å². The molecule has 6 heteroatoms. The van der Waals surface area contributed by atoms with Crippen molar-refractivity contribution in [1.82, 2.24) is 14.9 Å². The molecule has 1 fully saturated rings. The molecule has 3 rings (SSSR count). The lowest BCUT2D eigenvalue weighted by atomic mass is 10.0. The number of nitrogens with zero attached hydrogens (tertiary/aromatic N) is 4. The van der Waals surface area contributed by atoms with Crippen molar-refractivity contribution in [2.45, 2.75) is 39.3 Å². The van der Waals surface area contributed by atoms with Crippen molar-refractivity contribution in [3.8, 4) is 0 Å². The van der Waals surface area contributed by atoms with Crippen molar-refractivity contribution in [2.75, 3.05) is 30.4 Å². The Morgan fingerprint density at radius 1 is 1.31 bits per heavy atom. The van der Waals surface area contributed by atoms with Crippen LogP contribution in [-0.4, -0.2) is 47.0 Å². The van der Waals surface area contributed by atoms with Crippen molar-refractivity contribution < 1.29 is 4.79 Å². The third kappa shape index (κ3) is 4.79. The summed E-state index contributed by atoms with van der Waals surface area (Å²) in [4.78, 5) is 24.8. The van der Waals surface area contributed by atoms with Gasteiger partial charge in [-0.1, -0.05) is 12.1 Å². The second-order valence-electron chi connectivity index (χ2n) is 7.02. The van der Waals surface area contributed by atoms with E-state index in [1.54, 1.807) is 0 Å². The number of likely N-dealkylation sites (tertiary alicyclic amines) is 1. The Morgan fingerprint density at radius 2 is 2.08 bits per heavy atom. The largest absolute Gasteiger partial charge is 0.340 e. The molecular formula is C20H27N5O. The van der Waals surface area contributed by atoms with Crippen molar-refractivity contribution in [2.24, 2.45) is 0 Å². The van der Waals surface area contributed by atoms with Gasteiger partial charge in [-0.2, -0.15) is 0 Å². The van der Waals surface area contributed by atoms with E-state index in [2.05, 4.69) is 44.3 Å². The van der Waals surface area contributed by atoms with Gasteiger partial charge < -0.3 is 10.2 Å². The standard InChI is InChI=1S/C20H27N5O/c1-15-10-11-21-20(22-15)24(3)19-5-4-12-25(14-19)13-17-6-8-18(9-7-17)23-16(2)26/h6-11,19H,4-5,12-14H2,1-3H3,(H,23,26). The number of anilines is 2. The van der Waals surface area contributed by atoms with Crippen molar-refractivity contribution in [3.05, 3.63) is 47.8 Å². The van der Waals surface area contributed by atoms with Crippen LogP contribution >= 0.6 is 0 Å². The molecule has 1 aliphatic rings. The van der Waals surface area contributed by atoms with Gasteiger partial charge in [-0.3, -0.25) is 9.69 Å². The molecule has 1 N–H and O–H groups in total. The quantitative estimate of drug-likeness (QED) is 0.896. The Kier molecular flexibility index (Phi) is 5.83. The summed E-state index contributed by atoms with van der Waals surface area (Å²) in [6.07, 6.45) is 4.15. The lowest BCUT2D eigenvalue weighted by Crippen LogP contribution is -2.46. The lowest BCUT2D eigenvalue weighted by molar-refractivity contribution is -0.114. The number of aromatic nitrogens is 2. The summed E-state index contributed by atoms with van der Waals surface area (Å²) in [5.41, 5.74) is 3.09. The van der Waals surface area contributed by atoms with Crippen LogP contribution in [0.15, 0.2) is 36.5 Å². The van der Waals surface area contributed by atoms with Crippen LogP contribution in [0, 0.1) is 6.92 Å². The summed E-state index contributed by atoms with van der Waals surface area (Å²) in [5, 5.41) is 2.81. The molecule has 1 aromatic heterocycles. The number of carbonyl (C=O) groups is 1. The van der Waals surface area contributed by atoms with Gasteiger partial charge in [0.15, 0.2) is 0 Å². The first-order chi connectivity index (χ1) is 12.5. The highest BCUT2D eigenvalue weighted by Gasteiger charge is 2.24. The summed E-state index contributed by atoms with van der Waals surface area (Å²) in [5.74, 6) is 0.759. The fourth-order valence-electron chi connectivity index (χ4n) is 3.41. The first-order valence-electron chi connectivity index (χ1n) is 9.12. The third-order valence-corrected chi connectivity index (χ3v) is 4.81. The molecule has 0 spiro atoms. The fraction of sp³-hybridized carbons (Fsp3) is 0.450. The van der Waals surface area contributed by atoms with Crippen molar-refractivity contribution in [3.63, 3.8) is 0 Å². The Balaban J connectivity index is 1.60. The van der Waals surface area contributed by atoms with Crippen LogP contribution in [0.1, 0.15) is 31.0 Å². The van der Waals surface area contributed by atoms with E-state index in [9.17, 15) is 4.79 Å². The minimum atomic E-state index is -0.0435. The predicted octanol–water partition coefficient (Wildman–Crippen LogP) is 2.84. The maximum Gasteiger partial charge on any atom is 0.225 e. The number of piperidine rings is 1. The Morgan fingerprint density at radius 3 is 2.77 bits per heavy atom. The van der Waals surface area contributed by atoms with Gasteiger partial charge in [0.2, 0.25) is 11.9 Å². The Hall–Kier alpha value is -2.47. The first kappa shape index (κ1) is 18.3. The number of nitrogens with one attached hydrogen (secondary N) is 1. The number of hydrogen-bond donors (Lipinski definition) is 1. The van der Waals surface area contributed by atoms with Gasteiger partial charge in [0, 0.05) is 50.7 Å². The van der Waals surface area contributed by atoms with E-state index in [0.29, 0.717) is 6.04 Å². The molecule has 0 radical (unpaired) electrons. The smallest absolute Gasteiger partial charge is 0.225 e. The average molecular weight is 353 g/mol. The average Bonchev–Trinajstić information content (AvgIpc) is 2.62. The van der Waals surface area contributed by atoms with Gasteiger partial charge in [0.1, 0.15) is 0 Å². The van der Waals surface area contributed by atoms with Gasteiger partial charge in [-0.15, -0.1) is 0 Å². The second kappa shape index (κ2) is 8.27. The van der Waals surface area contributed by atoms with E-state index in [1.807, 2.05) is 31.3 Å². The first-order valence-corrected chi connectivity index (χ1v) is 9.12. The predicted molar refractivity (Wildman–Crippen MR) is 104 cm³/mol. The van der Waals surface area contributed by atoms with Crippen LogP contribution in [0.4, 0.5) is 11.6 Å². The zero-order valence-corrected chi connectivity index (χ0v) is 15.8. The van der Waals surface area contributed by atoms with Gasteiger partial charge in [-0.25, -0.2) is 9.97 Å². The zero-order chi connectivity index (χ0) is 18.5. The number of likely N-dealkylation sites (N-methyl/N-ethyl adjacent to an activating group) is 1. The molecule has 0 aliphatic carbocycles. The lowest BCUT2D eigenvalue weighted by Gasteiger charge is -2.37. The highest BCUT2D eigenvalue weighted by molar-refractivity contribution is 5.88. The maximum atomic E-state index is 11.1. The Labute approximate surface area is 155 Å². The topological polar surface area (TPSA) is 61.4 Å². The summed E-state index contributed by atoms with van der Waals surface area (Å²) in [7, 11) is 2.09. The summed E-state index contributed by atoms with van der Waals surface area (Å²) in [6.45, 7) is 6.54. The van der Waals surface area contributed by atoms with E-state index < -0.39 is 0 Å². The van der Waals surface area contributed by atoms with E-state index >= 15 is 0 Å². The highest BCUT2D eigenvalue weighted by Crippen LogP contribution is 2.21. The molecule has 1 amide bonds. The van der Waals surface area contributed by atoms with Crippen molar-refractivity contribution in [1.29, 1.82) is 0 Å². The number of benzene rings is 1. The van der Waals surface area contributed by atoms with Crippen LogP contribution < -0.4 is 10.2 Å². The molecule has 2 aromatic rings. The van der Waals surface area contributed by atoms with E-state index in [-0.39, 0.29) is 5.91 Å². The molecule has 1 saturated heterocycles.